The van der Waals surface area contributed by atoms with Crippen LogP contribution in [0.15, 0.2) is 22.7 Å². The summed E-state index contributed by atoms with van der Waals surface area (Å²) < 4.78 is 1.87. The van der Waals surface area contributed by atoms with E-state index in [0.717, 1.165) is 33.7 Å². The Balaban J connectivity index is 2.09. The van der Waals surface area contributed by atoms with E-state index in [0.29, 0.717) is 5.56 Å². The van der Waals surface area contributed by atoms with Crippen molar-refractivity contribution in [3.63, 3.8) is 0 Å². The van der Waals surface area contributed by atoms with E-state index in [1.165, 1.54) is 6.42 Å². The second-order valence-corrected chi connectivity index (χ2v) is 7.50. The van der Waals surface area contributed by atoms with Crippen LogP contribution in [-0.2, 0) is 0 Å². The lowest BCUT2D eigenvalue weighted by Crippen LogP contribution is -2.40. The summed E-state index contributed by atoms with van der Waals surface area (Å²) in [6, 6.07) is 5.82. The first-order chi connectivity index (χ1) is 9.08. The number of amides is 1. The smallest absolute Gasteiger partial charge is 0.252 e. The van der Waals surface area contributed by atoms with Crippen molar-refractivity contribution in [2.75, 3.05) is 0 Å². The van der Waals surface area contributed by atoms with E-state index in [-0.39, 0.29) is 17.3 Å². The van der Waals surface area contributed by atoms with Crippen LogP contribution in [0.2, 0.25) is 0 Å². The molecule has 0 heterocycles. The molecule has 2 unspecified atom stereocenters. The molecular weight excluding hydrogens is 440 g/mol. The highest BCUT2D eigenvalue weighted by Gasteiger charge is 2.24. The fraction of sp³-hybridized carbons (Fsp3) is 0.500. The largest absolute Gasteiger partial charge is 0.348 e. The van der Waals surface area contributed by atoms with Gasteiger partial charge in [0, 0.05) is 14.1 Å². The van der Waals surface area contributed by atoms with Crippen molar-refractivity contribution in [3.8, 4) is 0 Å². The molecule has 1 fully saturated rings. The van der Waals surface area contributed by atoms with Gasteiger partial charge in [-0.1, -0.05) is 35.2 Å². The fourth-order valence-electron chi connectivity index (χ4n) is 2.34. The number of alkyl halides is 1. The Morgan fingerprint density at radius 1 is 1.32 bits per heavy atom. The standard InChI is InChI=1S/C14H16BrClINO/c15-9-6-7-12(17)10(8-9)14(19)18-13-5-3-1-2-4-11(13)16/h6-8,11,13H,1-5H2,(H,18,19). The van der Waals surface area contributed by atoms with Crippen molar-refractivity contribution in [2.45, 2.75) is 43.5 Å². The van der Waals surface area contributed by atoms with E-state index in [4.69, 9.17) is 11.6 Å². The molecule has 1 aliphatic carbocycles. The molecule has 1 aromatic rings. The van der Waals surface area contributed by atoms with Crippen molar-refractivity contribution in [3.05, 3.63) is 31.8 Å². The number of hydrogen-bond acceptors (Lipinski definition) is 1. The number of hydrogen-bond donors (Lipinski definition) is 1. The number of rotatable bonds is 2. The van der Waals surface area contributed by atoms with Gasteiger partial charge in [0.25, 0.3) is 5.91 Å². The van der Waals surface area contributed by atoms with Gasteiger partial charge in [-0.15, -0.1) is 11.6 Å². The molecule has 0 bridgehead atoms. The van der Waals surface area contributed by atoms with Crippen molar-refractivity contribution < 1.29 is 4.79 Å². The van der Waals surface area contributed by atoms with E-state index in [1.54, 1.807) is 0 Å². The molecule has 1 N–H and O–H groups in total. The van der Waals surface area contributed by atoms with Gasteiger partial charge < -0.3 is 5.32 Å². The predicted octanol–water partition coefficient (Wildman–Crippen LogP) is 4.72. The monoisotopic (exact) mass is 455 g/mol. The molecule has 2 nitrogen and oxygen atoms in total. The van der Waals surface area contributed by atoms with E-state index < -0.39 is 0 Å². The molecule has 0 spiro atoms. The number of benzene rings is 1. The maximum Gasteiger partial charge on any atom is 0.252 e. The lowest BCUT2D eigenvalue weighted by Gasteiger charge is -2.21. The summed E-state index contributed by atoms with van der Waals surface area (Å²) in [4.78, 5) is 12.3. The summed E-state index contributed by atoms with van der Waals surface area (Å²) in [7, 11) is 0. The number of nitrogens with one attached hydrogen (secondary N) is 1. The first kappa shape index (κ1) is 15.6. The molecule has 0 aromatic heterocycles. The minimum Gasteiger partial charge on any atom is -0.348 e. The van der Waals surface area contributed by atoms with Crippen LogP contribution in [0.5, 0.6) is 0 Å². The van der Waals surface area contributed by atoms with Crippen molar-refractivity contribution >= 4 is 56.0 Å². The summed E-state index contributed by atoms with van der Waals surface area (Å²) in [5, 5.41) is 3.15. The van der Waals surface area contributed by atoms with Gasteiger partial charge in [0.1, 0.15) is 0 Å². The zero-order chi connectivity index (χ0) is 13.8. The van der Waals surface area contributed by atoms with Gasteiger partial charge in [0.05, 0.1) is 10.9 Å². The number of carbonyl (C=O) groups excluding carboxylic acids is 1. The molecule has 0 saturated heterocycles. The highest BCUT2D eigenvalue weighted by Crippen LogP contribution is 2.24. The quantitative estimate of drug-likeness (QED) is 0.389. The summed E-state index contributed by atoms with van der Waals surface area (Å²) in [6.07, 6.45) is 5.48. The summed E-state index contributed by atoms with van der Waals surface area (Å²) in [6.45, 7) is 0. The zero-order valence-corrected chi connectivity index (χ0v) is 15.0. The van der Waals surface area contributed by atoms with Crippen LogP contribution < -0.4 is 5.32 Å². The molecule has 2 atom stereocenters. The van der Waals surface area contributed by atoms with Gasteiger partial charge in [0.2, 0.25) is 0 Å². The summed E-state index contributed by atoms with van der Waals surface area (Å²) in [5.41, 5.74) is 0.711. The van der Waals surface area contributed by atoms with E-state index in [1.807, 2.05) is 18.2 Å². The van der Waals surface area contributed by atoms with Crippen LogP contribution >= 0.6 is 50.1 Å². The molecular formula is C14H16BrClINO. The third kappa shape index (κ3) is 4.33. The highest BCUT2D eigenvalue weighted by atomic mass is 127. The second kappa shape index (κ2) is 7.27. The summed E-state index contributed by atoms with van der Waals surface area (Å²) >= 11 is 12.0. The number of carbonyl (C=O) groups is 1. The molecule has 2 rings (SSSR count). The minimum absolute atomic E-state index is 0.0248. The summed E-state index contributed by atoms with van der Waals surface area (Å²) in [5.74, 6) is -0.0248. The maximum absolute atomic E-state index is 12.3. The Bertz CT molecular complexity index is 469. The van der Waals surface area contributed by atoms with Gasteiger partial charge in [-0.3, -0.25) is 4.79 Å². The first-order valence-corrected chi connectivity index (χ1v) is 8.79. The molecule has 19 heavy (non-hydrogen) atoms. The lowest BCUT2D eigenvalue weighted by molar-refractivity contribution is 0.0933. The van der Waals surface area contributed by atoms with Gasteiger partial charge in [0.15, 0.2) is 0 Å². The van der Waals surface area contributed by atoms with Gasteiger partial charge in [-0.2, -0.15) is 0 Å². The zero-order valence-electron chi connectivity index (χ0n) is 10.5. The fourth-order valence-corrected chi connectivity index (χ4v) is 3.63. The van der Waals surface area contributed by atoms with Crippen LogP contribution in [0.4, 0.5) is 0 Å². The topological polar surface area (TPSA) is 29.1 Å². The Morgan fingerprint density at radius 2 is 2.05 bits per heavy atom. The lowest BCUT2D eigenvalue weighted by atomic mass is 10.1. The Labute approximate surface area is 140 Å². The average molecular weight is 457 g/mol. The van der Waals surface area contributed by atoms with Gasteiger partial charge in [-0.05, 0) is 53.6 Å². The van der Waals surface area contributed by atoms with Crippen molar-refractivity contribution in [1.29, 1.82) is 0 Å². The maximum atomic E-state index is 12.3. The predicted molar refractivity (Wildman–Crippen MR) is 90.8 cm³/mol. The normalized spacial score (nSPS) is 23.7. The molecule has 1 aliphatic rings. The molecule has 0 aliphatic heterocycles. The van der Waals surface area contributed by atoms with Crippen molar-refractivity contribution in [1.82, 2.24) is 5.32 Å². The van der Waals surface area contributed by atoms with Crippen LogP contribution in [0.1, 0.15) is 42.5 Å². The second-order valence-electron chi connectivity index (χ2n) is 4.86. The molecule has 104 valence electrons. The van der Waals surface area contributed by atoms with E-state index >= 15 is 0 Å². The number of halogens is 3. The van der Waals surface area contributed by atoms with Crippen molar-refractivity contribution in [2.24, 2.45) is 0 Å². The van der Waals surface area contributed by atoms with Crippen LogP contribution in [-0.4, -0.2) is 17.3 Å². The Kier molecular flexibility index (Phi) is 5.96. The highest BCUT2D eigenvalue weighted by molar-refractivity contribution is 14.1. The Morgan fingerprint density at radius 3 is 2.84 bits per heavy atom. The minimum atomic E-state index is -0.0248. The SMILES string of the molecule is O=C(NC1CCCCCC1Cl)c1cc(Br)ccc1I. The molecule has 0 radical (unpaired) electrons. The third-order valence-corrected chi connectivity index (χ3v) is 5.38. The van der Waals surface area contributed by atoms with E-state index in [2.05, 4.69) is 43.8 Å². The third-order valence-electron chi connectivity index (χ3n) is 3.42. The first-order valence-electron chi connectivity index (χ1n) is 6.48. The average Bonchev–Trinajstić information content (AvgIpc) is 2.58. The van der Waals surface area contributed by atoms with E-state index in [9.17, 15) is 4.79 Å². The Hall–Kier alpha value is 0.190. The van der Waals surface area contributed by atoms with Gasteiger partial charge in [-0.25, -0.2) is 0 Å². The molecule has 1 aromatic carbocycles. The van der Waals surface area contributed by atoms with Crippen LogP contribution in [0, 0.1) is 3.57 Å². The molecule has 1 saturated carbocycles. The van der Waals surface area contributed by atoms with Gasteiger partial charge >= 0.3 is 0 Å². The van der Waals surface area contributed by atoms with Crippen LogP contribution in [0.25, 0.3) is 0 Å². The molecule has 1 amide bonds. The van der Waals surface area contributed by atoms with Crippen LogP contribution in [0.3, 0.4) is 0 Å². The molecule has 5 heteroatoms.